The molecule has 0 saturated carbocycles. The number of ether oxygens (including phenoxy) is 2. The van der Waals surface area contributed by atoms with Crippen LogP contribution in [0, 0.1) is 5.82 Å². The first kappa shape index (κ1) is 21.5. The summed E-state index contributed by atoms with van der Waals surface area (Å²) in [5.74, 6) is 0.563. The van der Waals surface area contributed by atoms with Gasteiger partial charge < -0.3 is 19.7 Å². The van der Waals surface area contributed by atoms with Crippen LogP contribution in [0.4, 0.5) is 10.1 Å². The Bertz CT molecular complexity index is 782. The number of hydrogen-bond acceptors (Lipinski definition) is 4. The molecule has 0 unspecified atom stereocenters. The van der Waals surface area contributed by atoms with Gasteiger partial charge in [-0.3, -0.25) is 4.90 Å². The summed E-state index contributed by atoms with van der Waals surface area (Å²) >= 11 is 5.68. The SMILES string of the molecule is COc1cccc(CN(CCCN2CCOCC2)C(=S)Nc2ccc(F)cc2)c1. The predicted molar refractivity (Wildman–Crippen MR) is 118 cm³/mol. The second kappa shape index (κ2) is 11.1. The quantitative estimate of drug-likeness (QED) is 0.660. The highest BCUT2D eigenvalue weighted by molar-refractivity contribution is 7.80. The van der Waals surface area contributed by atoms with Crippen LogP contribution in [0.25, 0.3) is 0 Å². The molecule has 156 valence electrons. The molecule has 1 heterocycles. The molecule has 0 aliphatic carbocycles. The monoisotopic (exact) mass is 417 g/mol. The van der Waals surface area contributed by atoms with Crippen LogP contribution in [0.2, 0.25) is 0 Å². The lowest BCUT2D eigenvalue weighted by molar-refractivity contribution is 0.0368. The molecule has 1 N–H and O–H groups in total. The van der Waals surface area contributed by atoms with E-state index in [0.29, 0.717) is 11.7 Å². The fourth-order valence-corrected chi connectivity index (χ4v) is 3.56. The Morgan fingerprint density at radius 3 is 2.69 bits per heavy atom. The highest BCUT2D eigenvalue weighted by Gasteiger charge is 2.14. The number of thiocarbonyl (C=S) groups is 1. The minimum absolute atomic E-state index is 0.264. The van der Waals surface area contributed by atoms with Crippen molar-refractivity contribution in [3.63, 3.8) is 0 Å². The normalized spacial score (nSPS) is 14.4. The van der Waals surface area contributed by atoms with Gasteiger partial charge in [0.05, 0.1) is 20.3 Å². The number of halogens is 1. The third-order valence-electron chi connectivity index (χ3n) is 4.90. The molecule has 2 aromatic rings. The van der Waals surface area contributed by atoms with E-state index in [1.165, 1.54) is 12.1 Å². The van der Waals surface area contributed by atoms with Crippen molar-refractivity contribution in [3.8, 4) is 5.75 Å². The number of methoxy groups -OCH3 is 1. The Morgan fingerprint density at radius 1 is 1.21 bits per heavy atom. The van der Waals surface area contributed by atoms with Gasteiger partial charge in [-0.15, -0.1) is 0 Å². The summed E-state index contributed by atoms with van der Waals surface area (Å²) in [7, 11) is 1.67. The number of nitrogens with one attached hydrogen (secondary N) is 1. The number of benzene rings is 2. The average Bonchev–Trinajstić information content (AvgIpc) is 2.75. The van der Waals surface area contributed by atoms with E-state index in [1.54, 1.807) is 19.2 Å². The van der Waals surface area contributed by atoms with E-state index in [2.05, 4.69) is 21.2 Å². The van der Waals surface area contributed by atoms with Crippen molar-refractivity contribution in [1.82, 2.24) is 9.80 Å². The second-order valence-electron chi connectivity index (χ2n) is 7.02. The lowest BCUT2D eigenvalue weighted by Gasteiger charge is -2.29. The summed E-state index contributed by atoms with van der Waals surface area (Å²) in [4.78, 5) is 4.57. The van der Waals surface area contributed by atoms with E-state index in [4.69, 9.17) is 21.7 Å². The summed E-state index contributed by atoms with van der Waals surface area (Å²) < 4.78 is 24.0. The third kappa shape index (κ3) is 6.96. The second-order valence-corrected chi connectivity index (χ2v) is 7.40. The summed E-state index contributed by atoms with van der Waals surface area (Å²) in [6, 6.07) is 14.2. The van der Waals surface area contributed by atoms with E-state index in [0.717, 1.165) is 62.8 Å². The van der Waals surface area contributed by atoms with E-state index < -0.39 is 0 Å². The van der Waals surface area contributed by atoms with Gasteiger partial charge in [-0.05, 0) is 60.6 Å². The van der Waals surface area contributed by atoms with E-state index in [1.807, 2.05) is 18.2 Å². The van der Waals surface area contributed by atoms with Crippen molar-refractivity contribution < 1.29 is 13.9 Å². The van der Waals surface area contributed by atoms with Crippen LogP contribution in [0.5, 0.6) is 5.75 Å². The summed E-state index contributed by atoms with van der Waals surface area (Å²) in [6.45, 7) is 6.07. The van der Waals surface area contributed by atoms with Gasteiger partial charge in [-0.1, -0.05) is 12.1 Å². The number of nitrogens with zero attached hydrogens (tertiary/aromatic N) is 2. The zero-order valence-electron chi connectivity index (χ0n) is 16.8. The fourth-order valence-electron chi connectivity index (χ4n) is 3.29. The highest BCUT2D eigenvalue weighted by Crippen LogP contribution is 2.16. The Morgan fingerprint density at radius 2 is 1.97 bits per heavy atom. The van der Waals surface area contributed by atoms with Crippen molar-refractivity contribution >= 4 is 23.0 Å². The average molecular weight is 418 g/mol. The van der Waals surface area contributed by atoms with Gasteiger partial charge in [0, 0.05) is 38.4 Å². The molecule has 3 rings (SSSR count). The molecule has 7 heteroatoms. The molecular formula is C22H28FN3O2S. The Hall–Kier alpha value is -2.22. The van der Waals surface area contributed by atoms with Crippen LogP contribution in [0.15, 0.2) is 48.5 Å². The summed E-state index contributed by atoms with van der Waals surface area (Å²) in [6.07, 6.45) is 0.995. The van der Waals surface area contributed by atoms with Gasteiger partial charge in [0.15, 0.2) is 5.11 Å². The van der Waals surface area contributed by atoms with E-state index in [-0.39, 0.29) is 5.82 Å². The lowest BCUT2D eigenvalue weighted by Crippen LogP contribution is -2.40. The number of anilines is 1. The van der Waals surface area contributed by atoms with Crippen LogP contribution in [-0.4, -0.2) is 61.4 Å². The maximum atomic E-state index is 13.2. The number of morpholine rings is 1. The van der Waals surface area contributed by atoms with Crippen LogP contribution in [-0.2, 0) is 11.3 Å². The molecule has 0 spiro atoms. The van der Waals surface area contributed by atoms with Crippen LogP contribution in [0.3, 0.4) is 0 Å². The Balaban J connectivity index is 1.63. The molecule has 29 heavy (non-hydrogen) atoms. The van der Waals surface area contributed by atoms with Gasteiger partial charge in [0.1, 0.15) is 11.6 Å². The van der Waals surface area contributed by atoms with Crippen molar-refractivity contribution in [2.75, 3.05) is 51.8 Å². The molecule has 1 aliphatic heterocycles. The molecule has 1 aliphatic rings. The molecule has 0 bridgehead atoms. The molecule has 2 aromatic carbocycles. The maximum Gasteiger partial charge on any atom is 0.173 e. The fraction of sp³-hybridized carbons (Fsp3) is 0.409. The number of hydrogen-bond donors (Lipinski definition) is 1. The molecule has 1 saturated heterocycles. The number of rotatable bonds is 8. The molecule has 0 radical (unpaired) electrons. The largest absolute Gasteiger partial charge is 0.497 e. The standard InChI is InChI=1S/C22H28FN3O2S/c1-27-21-5-2-4-18(16-21)17-26(11-3-10-25-12-14-28-15-13-25)22(29)24-20-8-6-19(23)7-9-20/h2,4-9,16H,3,10-15,17H2,1H3,(H,24,29). The van der Waals surface area contributed by atoms with Crippen molar-refractivity contribution in [1.29, 1.82) is 0 Å². The molecule has 5 nitrogen and oxygen atoms in total. The first-order chi connectivity index (χ1) is 14.1. The molecule has 0 aromatic heterocycles. The van der Waals surface area contributed by atoms with Crippen LogP contribution < -0.4 is 10.1 Å². The first-order valence-electron chi connectivity index (χ1n) is 9.88. The predicted octanol–water partition coefficient (Wildman–Crippen LogP) is 3.76. The highest BCUT2D eigenvalue weighted by atomic mass is 32.1. The summed E-state index contributed by atoms with van der Waals surface area (Å²) in [5.41, 5.74) is 1.90. The van der Waals surface area contributed by atoms with Crippen LogP contribution >= 0.6 is 12.2 Å². The van der Waals surface area contributed by atoms with Gasteiger partial charge in [0.2, 0.25) is 0 Å². The lowest BCUT2D eigenvalue weighted by atomic mass is 10.2. The summed E-state index contributed by atoms with van der Waals surface area (Å²) in [5, 5.41) is 3.86. The smallest absolute Gasteiger partial charge is 0.173 e. The molecule has 1 fully saturated rings. The molecular weight excluding hydrogens is 389 g/mol. The first-order valence-corrected chi connectivity index (χ1v) is 10.3. The van der Waals surface area contributed by atoms with Crippen molar-refractivity contribution in [3.05, 3.63) is 59.9 Å². The van der Waals surface area contributed by atoms with Crippen molar-refractivity contribution in [2.45, 2.75) is 13.0 Å². The Kier molecular flexibility index (Phi) is 8.22. The minimum Gasteiger partial charge on any atom is -0.497 e. The van der Waals surface area contributed by atoms with Crippen LogP contribution in [0.1, 0.15) is 12.0 Å². The van der Waals surface area contributed by atoms with Gasteiger partial charge in [-0.25, -0.2) is 4.39 Å². The van der Waals surface area contributed by atoms with Crippen molar-refractivity contribution in [2.24, 2.45) is 0 Å². The topological polar surface area (TPSA) is 37.0 Å². The van der Waals surface area contributed by atoms with Gasteiger partial charge >= 0.3 is 0 Å². The van der Waals surface area contributed by atoms with Gasteiger partial charge in [0.25, 0.3) is 0 Å². The van der Waals surface area contributed by atoms with E-state index in [9.17, 15) is 4.39 Å². The Labute approximate surface area is 177 Å². The minimum atomic E-state index is -0.264. The maximum absolute atomic E-state index is 13.2. The van der Waals surface area contributed by atoms with Gasteiger partial charge in [-0.2, -0.15) is 0 Å². The zero-order valence-corrected chi connectivity index (χ0v) is 17.6. The third-order valence-corrected chi connectivity index (χ3v) is 5.26. The zero-order chi connectivity index (χ0) is 20.5. The molecule has 0 atom stereocenters. The molecule has 0 amide bonds. The van der Waals surface area contributed by atoms with E-state index >= 15 is 0 Å².